The molecule has 5 N–H and O–H groups in total. The third-order valence-corrected chi connectivity index (χ3v) is 4.00. The van der Waals surface area contributed by atoms with E-state index in [-0.39, 0.29) is 5.91 Å². The highest BCUT2D eigenvalue weighted by Crippen LogP contribution is 2.18. The quantitative estimate of drug-likeness (QED) is 0.521. The zero-order chi connectivity index (χ0) is 21.4. The molecular formula is C20H20F3N3O3. The monoisotopic (exact) mass is 407 g/mol. The molecule has 0 aliphatic rings. The summed E-state index contributed by atoms with van der Waals surface area (Å²) in [5.74, 6) is -2.89. The average Bonchev–Trinajstić information content (AvgIpc) is 3.09. The van der Waals surface area contributed by atoms with Crippen LogP contribution in [0.2, 0.25) is 0 Å². The second-order valence-electron chi connectivity index (χ2n) is 6.18. The van der Waals surface area contributed by atoms with Gasteiger partial charge >= 0.3 is 12.1 Å². The minimum atomic E-state index is -5.08. The number of para-hydroxylation sites is 1. The Morgan fingerprint density at radius 1 is 1.07 bits per heavy atom. The summed E-state index contributed by atoms with van der Waals surface area (Å²) in [5, 5.41) is 11.1. The minimum absolute atomic E-state index is 0.130. The number of nitrogens with one attached hydrogen (secondary N) is 2. The molecule has 29 heavy (non-hydrogen) atoms. The van der Waals surface area contributed by atoms with Crippen molar-refractivity contribution in [3.8, 4) is 0 Å². The molecule has 0 aliphatic heterocycles. The molecule has 0 bridgehead atoms. The molecule has 0 radical (unpaired) electrons. The number of fused-ring (bicyclic) bond motifs is 1. The number of carbonyl (C=O) groups excluding carboxylic acids is 1. The van der Waals surface area contributed by atoms with Gasteiger partial charge in [-0.3, -0.25) is 4.79 Å². The molecule has 0 unspecified atom stereocenters. The largest absolute Gasteiger partial charge is 0.490 e. The van der Waals surface area contributed by atoms with Crippen molar-refractivity contribution < 1.29 is 27.9 Å². The van der Waals surface area contributed by atoms with Crippen molar-refractivity contribution in [2.24, 2.45) is 5.73 Å². The molecule has 0 fully saturated rings. The summed E-state index contributed by atoms with van der Waals surface area (Å²) in [6.45, 7) is 0.501. The first-order valence-electron chi connectivity index (χ1n) is 8.61. The van der Waals surface area contributed by atoms with Gasteiger partial charge in [-0.25, -0.2) is 4.79 Å². The van der Waals surface area contributed by atoms with Gasteiger partial charge in [0.2, 0.25) is 5.91 Å². The van der Waals surface area contributed by atoms with Gasteiger partial charge in [-0.1, -0.05) is 48.5 Å². The van der Waals surface area contributed by atoms with Crippen molar-refractivity contribution in [1.29, 1.82) is 0 Å². The van der Waals surface area contributed by atoms with Crippen molar-refractivity contribution in [2.75, 3.05) is 0 Å². The van der Waals surface area contributed by atoms with E-state index < -0.39 is 18.2 Å². The number of halogens is 3. The fourth-order valence-electron chi connectivity index (χ4n) is 2.55. The number of amides is 1. The van der Waals surface area contributed by atoms with Gasteiger partial charge in [0.05, 0.1) is 6.04 Å². The van der Waals surface area contributed by atoms with Crippen LogP contribution in [0.15, 0.2) is 60.8 Å². The van der Waals surface area contributed by atoms with Gasteiger partial charge in [-0.05, 0) is 23.6 Å². The maximum absolute atomic E-state index is 12.1. The van der Waals surface area contributed by atoms with E-state index >= 15 is 0 Å². The van der Waals surface area contributed by atoms with Crippen molar-refractivity contribution in [3.05, 3.63) is 71.9 Å². The Balaban J connectivity index is 0.000000370. The van der Waals surface area contributed by atoms with Crippen LogP contribution < -0.4 is 11.1 Å². The molecule has 0 saturated carbocycles. The van der Waals surface area contributed by atoms with E-state index in [0.29, 0.717) is 13.0 Å². The van der Waals surface area contributed by atoms with Gasteiger partial charge in [-0.2, -0.15) is 13.2 Å². The third-order valence-electron chi connectivity index (χ3n) is 4.00. The number of alkyl halides is 3. The Kier molecular flexibility index (Phi) is 7.38. The van der Waals surface area contributed by atoms with E-state index in [1.807, 2.05) is 60.8 Å². The fraction of sp³-hybridized carbons (Fsp3) is 0.200. The van der Waals surface area contributed by atoms with Crippen LogP contribution in [0, 0.1) is 0 Å². The molecule has 6 nitrogen and oxygen atoms in total. The van der Waals surface area contributed by atoms with E-state index in [1.54, 1.807) is 0 Å². The van der Waals surface area contributed by atoms with Crippen molar-refractivity contribution >= 4 is 22.8 Å². The van der Waals surface area contributed by atoms with Gasteiger partial charge < -0.3 is 21.1 Å². The number of aliphatic carboxylic acids is 1. The Morgan fingerprint density at radius 3 is 2.28 bits per heavy atom. The van der Waals surface area contributed by atoms with Crippen LogP contribution in [-0.4, -0.2) is 34.2 Å². The Morgan fingerprint density at radius 2 is 1.66 bits per heavy atom. The van der Waals surface area contributed by atoms with Gasteiger partial charge in [0.25, 0.3) is 0 Å². The van der Waals surface area contributed by atoms with Gasteiger partial charge in [0, 0.05) is 23.6 Å². The molecular weight excluding hydrogens is 387 g/mol. The molecule has 0 spiro atoms. The lowest BCUT2D eigenvalue weighted by molar-refractivity contribution is -0.192. The van der Waals surface area contributed by atoms with Crippen LogP contribution in [0.1, 0.15) is 11.1 Å². The highest BCUT2D eigenvalue weighted by atomic mass is 19.4. The lowest BCUT2D eigenvalue weighted by Crippen LogP contribution is -2.41. The van der Waals surface area contributed by atoms with Crippen molar-refractivity contribution in [2.45, 2.75) is 25.2 Å². The Labute approximate surface area is 164 Å². The number of hydrogen-bond donors (Lipinski definition) is 4. The van der Waals surface area contributed by atoms with Gasteiger partial charge in [0.1, 0.15) is 0 Å². The maximum Gasteiger partial charge on any atom is 0.490 e. The molecule has 3 rings (SSSR count). The first kappa shape index (κ1) is 22.0. The first-order valence-corrected chi connectivity index (χ1v) is 8.61. The topological polar surface area (TPSA) is 108 Å². The van der Waals surface area contributed by atoms with Crippen molar-refractivity contribution in [3.63, 3.8) is 0 Å². The summed E-state index contributed by atoms with van der Waals surface area (Å²) in [7, 11) is 0. The number of nitrogens with two attached hydrogens (primary N) is 1. The fourth-order valence-corrected chi connectivity index (χ4v) is 2.55. The molecule has 1 aromatic heterocycles. The number of rotatable bonds is 5. The maximum atomic E-state index is 12.1. The number of carboxylic acids is 1. The minimum Gasteiger partial charge on any atom is -0.475 e. The molecule has 1 amide bonds. The Bertz CT molecular complexity index is 956. The summed E-state index contributed by atoms with van der Waals surface area (Å²) in [5.41, 5.74) is 9.23. The molecule has 1 heterocycles. The molecule has 9 heteroatoms. The molecule has 154 valence electrons. The number of carbonyl (C=O) groups is 2. The lowest BCUT2D eigenvalue weighted by atomic mass is 10.0. The van der Waals surface area contributed by atoms with E-state index in [0.717, 1.165) is 22.0 Å². The number of carboxylic acid groups (broad SMARTS) is 1. The summed E-state index contributed by atoms with van der Waals surface area (Å²) < 4.78 is 31.7. The van der Waals surface area contributed by atoms with Crippen LogP contribution >= 0.6 is 0 Å². The van der Waals surface area contributed by atoms with E-state index in [2.05, 4.69) is 10.3 Å². The van der Waals surface area contributed by atoms with E-state index in [4.69, 9.17) is 15.6 Å². The molecule has 0 saturated heterocycles. The summed E-state index contributed by atoms with van der Waals surface area (Å²) in [6, 6.07) is 17.3. The highest BCUT2D eigenvalue weighted by molar-refractivity contribution is 5.86. The molecule has 3 aromatic rings. The summed E-state index contributed by atoms with van der Waals surface area (Å²) >= 11 is 0. The smallest absolute Gasteiger partial charge is 0.475 e. The Hall–Kier alpha value is -3.33. The SMILES string of the molecule is N[C@@H](Cc1c[nH]c2ccccc12)C(=O)NCc1ccccc1.O=C(O)C(F)(F)F. The zero-order valence-electron chi connectivity index (χ0n) is 15.2. The average molecular weight is 407 g/mol. The van der Waals surface area contributed by atoms with Gasteiger partial charge in [0.15, 0.2) is 0 Å². The highest BCUT2D eigenvalue weighted by Gasteiger charge is 2.38. The number of hydrogen-bond acceptors (Lipinski definition) is 3. The second-order valence-corrected chi connectivity index (χ2v) is 6.18. The van der Waals surface area contributed by atoms with Gasteiger partial charge in [-0.15, -0.1) is 0 Å². The third kappa shape index (κ3) is 6.65. The standard InChI is InChI=1S/C18H19N3O.C2HF3O2/c19-16(18(22)21-11-13-6-2-1-3-7-13)10-14-12-20-17-9-5-4-8-15(14)17;3-2(4,5)1(6)7/h1-9,12,16,20H,10-11,19H2,(H,21,22);(H,6,7)/t16-;/m0./s1. The van der Waals surface area contributed by atoms with Crippen LogP contribution in [0.5, 0.6) is 0 Å². The molecule has 0 aliphatic carbocycles. The summed E-state index contributed by atoms with van der Waals surface area (Å²) in [4.78, 5) is 24.2. The number of aromatic amines is 1. The van der Waals surface area contributed by atoms with Crippen LogP contribution in [0.3, 0.4) is 0 Å². The first-order chi connectivity index (χ1) is 13.7. The number of H-pyrrole nitrogens is 1. The lowest BCUT2D eigenvalue weighted by Gasteiger charge is -2.12. The van der Waals surface area contributed by atoms with Crippen LogP contribution in [0.4, 0.5) is 13.2 Å². The predicted octanol–water partition coefficient (Wildman–Crippen LogP) is 2.99. The van der Waals surface area contributed by atoms with E-state index in [9.17, 15) is 18.0 Å². The van der Waals surface area contributed by atoms with E-state index in [1.165, 1.54) is 0 Å². The predicted molar refractivity (Wildman–Crippen MR) is 102 cm³/mol. The second kappa shape index (κ2) is 9.74. The normalized spacial score (nSPS) is 12.0. The molecule has 1 atom stereocenters. The van der Waals surface area contributed by atoms with Crippen LogP contribution in [0.25, 0.3) is 10.9 Å². The summed E-state index contributed by atoms with van der Waals surface area (Å²) in [6.07, 6.45) is -2.64. The number of benzene rings is 2. The van der Waals surface area contributed by atoms with Crippen LogP contribution in [-0.2, 0) is 22.6 Å². The number of aromatic nitrogens is 1. The molecule has 2 aromatic carbocycles. The van der Waals surface area contributed by atoms with Crippen molar-refractivity contribution in [1.82, 2.24) is 10.3 Å². The zero-order valence-corrected chi connectivity index (χ0v) is 15.2.